The second-order valence-electron chi connectivity index (χ2n) is 7.84. The molecule has 3 aromatic rings. The molecule has 2 unspecified atom stereocenters. The van der Waals surface area contributed by atoms with E-state index in [9.17, 15) is 21.6 Å². The summed E-state index contributed by atoms with van der Waals surface area (Å²) in [6, 6.07) is 18.3. The molecule has 2 atom stereocenters. The van der Waals surface area contributed by atoms with Crippen molar-refractivity contribution < 1.29 is 21.6 Å². The SMILES string of the molecule is N=C(N)N1CC(c2ccccc2)C(c2ccc(Cl)cc2)(S(=O)(=O)c2ccc(C(F)(F)F)cc2)N1. The van der Waals surface area contributed by atoms with E-state index in [-0.39, 0.29) is 11.4 Å². The van der Waals surface area contributed by atoms with Crippen molar-refractivity contribution >= 4 is 27.4 Å². The lowest BCUT2D eigenvalue weighted by Crippen LogP contribution is -2.53. The van der Waals surface area contributed by atoms with Gasteiger partial charge in [-0.1, -0.05) is 54.1 Å². The molecule has 0 amide bonds. The van der Waals surface area contributed by atoms with Crippen LogP contribution in [-0.4, -0.2) is 25.9 Å². The van der Waals surface area contributed by atoms with Gasteiger partial charge in [-0.05, 0) is 47.5 Å². The van der Waals surface area contributed by atoms with E-state index in [1.54, 1.807) is 30.3 Å². The summed E-state index contributed by atoms with van der Waals surface area (Å²) in [4.78, 5) is -2.20. The summed E-state index contributed by atoms with van der Waals surface area (Å²) in [5.74, 6) is -1.18. The predicted molar refractivity (Wildman–Crippen MR) is 123 cm³/mol. The van der Waals surface area contributed by atoms with Crippen LogP contribution < -0.4 is 11.2 Å². The maximum Gasteiger partial charge on any atom is 0.416 e. The number of nitrogens with zero attached hydrogens (tertiary/aromatic N) is 1. The molecule has 0 radical (unpaired) electrons. The quantitative estimate of drug-likeness (QED) is 0.356. The fourth-order valence-electron chi connectivity index (χ4n) is 4.19. The lowest BCUT2D eigenvalue weighted by molar-refractivity contribution is -0.137. The van der Waals surface area contributed by atoms with Gasteiger partial charge in [0.15, 0.2) is 4.87 Å². The zero-order valence-electron chi connectivity index (χ0n) is 17.6. The van der Waals surface area contributed by atoms with Gasteiger partial charge in [0.25, 0.3) is 0 Å². The molecule has 4 N–H and O–H groups in total. The van der Waals surface area contributed by atoms with Gasteiger partial charge in [0.1, 0.15) is 0 Å². The van der Waals surface area contributed by atoms with Crippen LogP contribution in [0.3, 0.4) is 0 Å². The average Bonchev–Trinajstić information content (AvgIpc) is 3.23. The molecule has 11 heteroatoms. The summed E-state index contributed by atoms with van der Waals surface area (Å²) in [6.07, 6.45) is -4.61. The van der Waals surface area contributed by atoms with E-state index >= 15 is 0 Å². The zero-order chi connectivity index (χ0) is 24.7. The summed E-state index contributed by atoms with van der Waals surface area (Å²) in [6.45, 7) is 0.0296. The number of hydrogen-bond donors (Lipinski definition) is 3. The molecule has 0 aromatic heterocycles. The van der Waals surface area contributed by atoms with Crippen LogP contribution in [0.5, 0.6) is 0 Å². The third-order valence-electron chi connectivity index (χ3n) is 5.84. The minimum Gasteiger partial charge on any atom is -0.369 e. The van der Waals surface area contributed by atoms with Gasteiger partial charge in [0, 0.05) is 17.5 Å². The summed E-state index contributed by atoms with van der Waals surface area (Å²) in [5, 5.41) is 9.52. The molecular formula is C23H20ClF3N4O2S. The fraction of sp³-hybridized carbons (Fsp3) is 0.174. The Balaban J connectivity index is 1.98. The molecule has 1 heterocycles. The monoisotopic (exact) mass is 508 g/mol. The summed E-state index contributed by atoms with van der Waals surface area (Å²) in [5.41, 5.74) is 8.60. The van der Waals surface area contributed by atoms with Crippen LogP contribution in [0, 0.1) is 5.41 Å². The molecule has 6 nitrogen and oxygen atoms in total. The molecule has 34 heavy (non-hydrogen) atoms. The van der Waals surface area contributed by atoms with Crippen LogP contribution in [0.2, 0.25) is 5.02 Å². The van der Waals surface area contributed by atoms with E-state index in [0.717, 1.165) is 24.3 Å². The van der Waals surface area contributed by atoms with Gasteiger partial charge < -0.3 is 5.73 Å². The number of nitrogens with one attached hydrogen (secondary N) is 2. The van der Waals surface area contributed by atoms with Gasteiger partial charge in [-0.2, -0.15) is 13.2 Å². The fourth-order valence-corrected chi connectivity index (χ4v) is 6.45. The smallest absolute Gasteiger partial charge is 0.369 e. The van der Waals surface area contributed by atoms with Crippen LogP contribution in [-0.2, 0) is 20.9 Å². The highest BCUT2D eigenvalue weighted by Crippen LogP contribution is 2.49. The summed E-state index contributed by atoms with van der Waals surface area (Å²) < 4.78 is 67.8. The molecule has 4 rings (SSSR count). The van der Waals surface area contributed by atoms with Gasteiger partial charge >= 0.3 is 6.18 Å². The van der Waals surface area contributed by atoms with Gasteiger partial charge in [-0.25, -0.2) is 13.8 Å². The first kappa shape index (κ1) is 24.1. The molecule has 3 aromatic carbocycles. The van der Waals surface area contributed by atoms with Crippen molar-refractivity contribution in [3.05, 3.63) is 101 Å². The first-order valence-corrected chi connectivity index (χ1v) is 11.9. The number of sulfone groups is 1. The first-order chi connectivity index (χ1) is 16.0. The summed E-state index contributed by atoms with van der Waals surface area (Å²) in [7, 11) is -4.41. The number of guanidine groups is 1. The number of rotatable bonds is 4. The van der Waals surface area contributed by atoms with Crippen molar-refractivity contribution in [2.45, 2.75) is 21.9 Å². The van der Waals surface area contributed by atoms with Crippen molar-refractivity contribution in [2.24, 2.45) is 5.73 Å². The van der Waals surface area contributed by atoms with E-state index in [1.165, 1.54) is 29.3 Å². The lowest BCUT2D eigenvalue weighted by Gasteiger charge is -2.35. The number of benzene rings is 3. The van der Waals surface area contributed by atoms with Gasteiger partial charge in [0.05, 0.1) is 10.5 Å². The second-order valence-corrected chi connectivity index (χ2v) is 10.4. The van der Waals surface area contributed by atoms with Crippen LogP contribution in [0.15, 0.2) is 83.8 Å². The first-order valence-electron chi connectivity index (χ1n) is 10.1. The largest absolute Gasteiger partial charge is 0.416 e. The standard InChI is InChI=1S/C23H20ClF3N4O2S/c24-18-10-6-16(7-11-18)22(34(32,33)19-12-8-17(9-13-19)23(25,26)27)20(14-31(30-22)21(28)29)15-4-2-1-3-5-15/h1-13,20,30H,14H2,(H3,28,29). The summed E-state index contributed by atoms with van der Waals surface area (Å²) >= 11 is 6.05. The minimum atomic E-state index is -4.61. The molecule has 1 fully saturated rings. The molecule has 1 saturated heterocycles. The predicted octanol–water partition coefficient (Wildman–Crippen LogP) is 4.48. The number of alkyl halides is 3. The Morgan fingerprint density at radius 3 is 2.15 bits per heavy atom. The lowest BCUT2D eigenvalue weighted by atomic mass is 9.88. The van der Waals surface area contributed by atoms with Gasteiger partial charge in [-0.15, -0.1) is 0 Å². The third-order valence-corrected chi connectivity index (χ3v) is 8.44. The Hall–Kier alpha value is -3.08. The Kier molecular flexibility index (Phi) is 6.09. The van der Waals surface area contributed by atoms with Crippen molar-refractivity contribution in [1.29, 1.82) is 5.41 Å². The normalized spacial score (nSPS) is 20.9. The number of halogens is 4. The highest BCUT2D eigenvalue weighted by atomic mass is 35.5. The van der Waals surface area contributed by atoms with Crippen molar-refractivity contribution in [1.82, 2.24) is 10.4 Å². The van der Waals surface area contributed by atoms with Gasteiger partial charge in [-0.3, -0.25) is 10.4 Å². The number of hydrazine groups is 1. The van der Waals surface area contributed by atoms with E-state index in [0.29, 0.717) is 16.1 Å². The maximum atomic E-state index is 14.2. The molecule has 1 aliphatic heterocycles. The van der Waals surface area contributed by atoms with E-state index < -0.39 is 38.3 Å². The van der Waals surface area contributed by atoms with E-state index in [2.05, 4.69) is 5.43 Å². The molecular weight excluding hydrogens is 489 g/mol. The van der Waals surface area contributed by atoms with Crippen molar-refractivity contribution in [2.75, 3.05) is 6.54 Å². The maximum absolute atomic E-state index is 14.2. The molecule has 0 aliphatic carbocycles. The minimum absolute atomic E-state index is 0.0296. The Morgan fingerprint density at radius 1 is 1.03 bits per heavy atom. The van der Waals surface area contributed by atoms with Crippen molar-refractivity contribution in [3.63, 3.8) is 0 Å². The second kappa shape index (κ2) is 8.61. The molecule has 0 saturated carbocycles. The Labute approximate surface area is 199 Å². The molecule has 0 bridgehead atoms. The van der Waals surface area contributed by atoms with Gasteiger partial charge in [0.2, 0.25) is 15.8 Å². The molecule has 178 valence electrons. The highest BCUT2D eigenvalue weighted by Gasteiger charge is 2.58. The van der Waals surface area contributed by atoms with Crippen LogP contribution in [0.1, 0.15) is 22.6 Å². The third kappa shape index (κ3) is 4.02. The Bertz CT molecular complexity index is 1300. The zero-order valence-corrected chi connectivity index (χ0v) is 19.1. The van der Waals surface area contributed by atoms with E-state index in [4.69, 9.17) is 22.7 Å². The van der Waals surface area contributed by atoms with E-state index in [1.807, 2.05) is 0 Å². The highest BCUT2D eigenvalue weighted by molar-refractivity contribution is 7.92. The van der Waals surface area contributed by atoms with Crippen LogP contribution >= 0.6 is 11.6 Å². The van der Waals surface area contributed by atoms with Crippen molar-refractivity contribution in [3.8, 4) is 0 Å². The Morgan fingerprint density at radius 2 is 1.62 bits per heavy atom. The molecule has 1 aliphatic rings. The van der Waals surface area contributed by atoms with Crippen LogP contribution in [0.4, 0.5) is 13.2 Å². The van der Waals surface area contributed by atoms with Crippen LogP contribution in [0.25, 0.3) is 0 Å². The topological polar surface area (TPSA) is 99.3 Å². The average molecular weight is 509 g/mol. The number of nitrogens with two attached hydrogens (primary N) is 1. The number of hydrogen-bond acceptors (Lipinski definition) is 4. The molecule has 0 spiro atoms.